The number of benzene rings is 1. The molecular weight excluding hydrogens is 374 g/mol. The molecule has 0 spiro atoms. The van der Waals surface area contributed by atoms with Crippen molar-refractivity contribution in [2.75, 3.05) is 13.1 Å². The number of rotatable bonds is 7. The lowest BCUT2D eigenvalue weighted by atomic mass is 10.2. The maximum Gasteiger partial charge on any atom is 0.324 e. The van der Waals surface area contributed by atoms with Gasteiger partial charge in [-0.1, -0.05) is 29.9 Å². The number of thiophene rings is 1. The molecule has 26 heavy (non-hydrogen) atoms. The van der Waals surface area contributed by atoms with Crippen molar-refractivity contribution in [1.29, 1.82) is 0 Å². The number of nitrogens with zero attached hydrogens (tertiary/aromatic N) is 2. The Kier molecular flexibility index (Phi) is 6.02. The van der Waals surface area contributed by atoms with Gasteiger partial charge in [-0.25, -0.2) is 8.42 Å². The maximum absolute atomic E-state index is 12.6. The molecule has 1 saturated heterocycles. The van der Waals surface area contributed by atoms with Gasteiger partial charge in [-0.2, -0.15) is 4.31 Å². The van der Waals surface area contributed by atoms with Gasteiger partial charge in [-0.05, 0) is 36.1 Å². The van der Waals surface area contributed by atoms with Gasteiger partial charge in [0.15, 0.2) is 0 Å². The molecule has 0 unspecified atom stereocenters. The molecule has 0 amide bonds. The first kappa shape index (κ1) is 19.0. The van der Waals surface area contributed by atoms with Crippen LogP contribution in [0.2, 0.25) is 0 Å². The molecular formula is C17H21N3O4S2. The highest BCUT2D eigenvalue weighted by Crippen LogP contribution is 2.23. The molecule has 140 valence electrons. The van der Waals surface area contributed by atoms with Crippen LogP contribution in [0.15, 0.2) is 40.6 Å². The second-order valence-corrected chi connectivity index (χ2v) is 9.09. The van der Waals surface area contributed by atoms with Crippen LogP contribution in [0.25, 0.3) is 0 Å². The van der Waals surface area contributed by atoms with E-state index in [1.165, 1.54) is 0 Å². The lowest BCUT2D eigenvalue weighted by Crippen LogP contribution is -2.35. The molecule has 1 aliphatic rings. The standard InChI is InChI=1S/C17H21N3O4S2/c21-20(22)17-10-15(13-25-17)12-18-11-14-4-6-16(7-5-14)26(23,24)19-8-2-1-3-9-19/h4-7,10,13,18H,1-3,8-9,11-12H2. The van der Waals surface area contributed by atoms with Crippen LogP contribution in [-0.2, 0) is 23.1 Å². The smallest absolute Gasteiger partial charge is 0.309 e. The van der Waals surface area contributed by atoms with E-state index in [1.54, 1.807) is 40.0 Å². The Morgan fingerprint density at radius 1 is 1.08 bits per heavy atom. The van der Waals surface area contributed by atoms with E-state index >= 15 is 0 Å². The van der Waals surface area contributed by atoms with Crippen molar-refractivity contribution >= 4 is 26.4 Å². The summed E-state index contributed by atoms with van der Waals surface area (Å²) in [5, 5.41) is 15.8. The Labute approximate surface area is 156 Å². The van der Waals surface area contributed by atoms with E-state index in [4.69, 9.17) is 0 Å². The summed E-state index contributed by atoms with van der Waals surface area (Å²) in [6.45, 7) is 2.28. The average molecular weight is 396 g/mol. The highest BCUT2D eigenvalue weighted by atomic mass is 32.2. The van der Waals surface area contributed by atoms with Crippen molar-refractivity contribution < 1.29 is 13.3 Å². The zero-order chi connectivity index (χ0) is 18.6. The topological polar surface area (TPSA) is 92.5 Å². The fraction of sp³-hybridized carbons (Fsp3) is 0.412. The zero-order valence-electron chi connectivity index (χ0n) is 14.3. The number of nitro groups is 1. The number of hydrogen-bond acceptors (Lipinski definition) is 6. The Hall–Kier alpha value is -1.81. The summed E-state index contributed by atoms with van der Waals surface area (Å²) in [7, 11) is -3.40. The molecule has 3 rings (SSSR count). The van der Waals surface area contributed by atoms with Gasteiger partial charge in [-0.15, -0.1) is 0 Å². The van der Waals surface area contributed by atoms with E-state index in [-0.39, 0.29) is 5.00 Å². The first-order valence-corrected chi connectivity index (χ1v) is 10.8. The molecule has 0 atom stereocenters. The van der Waals surface area contributed by atoms with E-state index in [9.17, 15) is 18.5 Å². The molecule has 2 heterocycles. The first-order valence-electron chi connectivity index (χ1n) is 8.48. The summed E-state index contributed by atoms with van der Waals surface area (Å²) < 4.78 is 26.8. The molecule has 0 bridgehead atoms. The third kappa shape index (κ3) is 4.47. The van der Waals surface area contributed by atoms with Crippen LogP contribution in [-0.4, -0.2) is 30.7 Å². The summed E-state index contributed by atoms with van der Waals surface area (Å²) in [6, 6.07) is 8.47. The zero-order valence-corrected chi connectivity index (χ0v) is 15.9. The van der Waals surface area contributed by atoms with Crippen molar-refractivity contribution in [2.24, 2.45) is 0 Å². The predicted octanol–water partition coefficient (Wildman–Crippen LogP) is 3.12. The lowest BCUT2D eigenvalue weighted by molar-refractivity contribution is -0.380. The molecule has 1 aliphatic heterocycles. The summed E-state index contributed by atoms with van der Waals surface area (Å²) in [5.74, 6) is 0. The van der Waals surface area contributed by atoms with Crippen LogP contribution in [0.5, 0.6) is 0 Å². The van der Waals surface area contributed by atoms with E-state index in [2.05, 4.69) is 5.32 Å². The van der Waals surface area contributed by atoms with Crippen LogP contribution in [0.3, 0.4) is 0 Å². The number of piperidine rings is 1. The minimum absolute atomic E-state index is 0.133. The van der Waals surface area contributed by atoms with E-state index in [0.717, 1.165) is 41.7 Å². The third-order valence-electron chi connectivity index (χ3n) is 4.35. The van der Waals surface area contributed by atoms with Crippen molar-refractivity contribution in [3.05, 3.63) is 57.0 Å². The molecule has 0 aliphatic carbocycles. The van der Waals surface area contributed by atoms with Crippen molar-refractivity contribution in [3.8, 4) is 0 Å². The van der Waals surface area contributed by atoms with Crippen molar-refractivity contribution in [1.82, 2.24) is 9.62 Å². The first-order chi connectivity index (χ1) is 12.5. The second kappa shape index (κ2) is 8.26. The average Bonchev–Trinajstić information content (AvgIpc) is 3.12. The summed E-state index contributed by atoms with van der Waals surface area (Å²) in [5.41, 5.74) is 1.83. The molecule has 1 aromatic heterocycles. The van der Waals surface area contributed by atoms with Crippen molar-refractivity contribution in [2.45, 2.75) is 37.2 Å². The van der Waals surface area contributed by atoms with Crippen LogP contribution < -0.4 is 5.32 Å². The van der Waals surface area contributed by atoms with Gasteiger partial charge in [-0.3, -0.25) is 10.1 Å². The Bertz CT molecular complexity index is 856. The van der Waals surface area contributed by atoms with Gasteiger partial charge in [0.2, 0.25) is 10.0 Å². The number of hydrogen-bond donors (Lipinski definition) is 1. The van der Waals surface area contributed by atoms with E-state index < -0.39 is 14.9 Å². The molecule has 9 heteroatoms. The largest absolute Gasteiger partial charge is 0.324 e. The van der Waals surface area contributed by atoms with Gasteiger partial charge >= 0.3 is 5.00 Å². The van der Waals surface area contributed by atoms with Crippen molar-refractivity contribution in [3.63, 3.8) is 0 Å². The van der Waals surface area contributed by atoms with E-state index in [1.807, 2.05) is 0 Å². The summed E-state index contributed by atoms with van der Waals surface area (Å²) in [6.07, 6.45) is 2.92. The SMILES string of the molecule is O=[N+]([O-])c1cc(CNCc2ccc(S(=O)(=O)N3CCCCC3)cc2)cs1. The van der Waals surface area contributed by atoms with Gasteiger partial charge in [0.25, 0.3) is 0 Å². The normalized spacial score (nSPS) is 15.8. The molecule has 1 aromatic carbocycles. The Balaban J connectivity index is 1.56. The molecule has 2 aromatic rings. The summed E-state index contributed by atoms with van der Waals surface area (Å²) in [4.78, 5) is 10.6. The monoisotopic (exact) mass is 395 g/mol. The van der Waals surface area contributed by atoms with E-state index in [0.29, 0.717) is 31.1 Å². The highest BCUT2D eigenvalue weighted by molar-refractivity contribution is 7.89. The maximum atomic E-state index is 12.6. The molecule has 7 nitrogen and oxygen atoms in total. The number of sulfonamides is 1. The number of nitrogens with one attached hydrogen (secondary N) is 1. The minimum Gasteiger partial charge on any atom is -0.309 e. The van der Waals surface area contributed by atoms with Gasteiger partial charge < -0.3 is 5.32 Å². The molecule has 1 fully saturated rings. The van der Waals surface area contributed by atoms with Crippen LogP contribution >= 0.6 is 11.3 Å². The highest BCUT2D eigenvalue weighted by Gasteiger charge is 2.25. The summed E-state index contributed by atoms with van der Waals surface area (Å²) >= 11 is 1.11. The van der Waals surface area contributed by atoms with Gasteiger partial charge in [0.1, 0.15) is 0 Å². The Morgan fingerprint density at radius 3 is 2.35 bits per heavy atom. The second-order valence-electron chi connectivity index (χ2n) is 6.26. The minimum atomic E-state index is -3.40. The molecule has 0 radical (unpaired) electrons. The molecule has 1 N–H and O–H groups in total. The lowest BCUT2D eigenvalue weighted by Gasteiger charge is -2.25. The van der Waals surface area contributed by atoms with Gasteiger partial charge in [0.05, 0.1) is 9.82 Å². The molecule has 0 saturated carbocycles. The predicted molar refractivity (Wildman–Crippen MR) is 101 cm³/mol. The quantitative estimate of drug-likeness (QED) is 0.574. The Morgan fingerprint density at radius 2 is 1.73 bits per heavy atom. The third-order valence-corrected chi connectivity index (χ3v) is 7.20. The fourth-order valence-electron chi connectivity index (χ4n) is 2.94. The van der Waals surface area contributed by atoms with Crippen LogP contribution in [0.1, 0.15) is 30.4 Å². The van der Waals surface area contributed by atoms with Crippen LogP contribution in [0, 0.1) is 10.1 Å². The van der Waals surface area contributed by atoms with Gasteiger partial charge in [0, 0.05) is 37.6 Å². The van der Waals surface area contributed by atoms with Crippen LogP contribution in [0.4, 0.5) is 5.00 Å². The fourth-order valence-corrected chi connectivity index (χ4v) is 5.18.